The maximum absolute atomic E-state index is 5.92. The molecule has 0 amide bonds. The Balaban J connectivity index is 2.10. The van der Waals surface area contributed by atoms with Crippen LogP contribution in [0.2, 0.25) is 10.0 Å². The lowest BCUT2D eigenvalue weighted by Crippen LogP contribution is -2.02. The van der Waals surface area contributed by atoms with Crippen molar-refractivity contribution < 1.29 is 9.47 Å². The highest BCUT2D eigenvalue weighted by molar-refractivity contribution is 6.34. The van der Waals surface area contributed by atoms with Crippen molar-refractivity contribution in [2.45, 2.75) is 13.2 Å². The van der Waals surface area contributed by atoms with Gasteiger partial charge in [-0.15, -0.1) is 0 Å². The fourth-order valence-corrected chi connectivity index (χ4v) is 2.33. The Kier molecular flexibility index (Phi) is 5.12. The van der Waals surface area contributed by atoms with Gasteiger partial charge in [0.25, 0.3) is 0 Å². The smallest absolute Gasteiger partial charge is 0.123 e. The van der Waals surface area contributed by atoms with Crippen molar-refractivity contribution in [2.24, 2.45) is 5.73 Å². The third kappa shape index (κ3) is 3.79. The van der Waals surface area contributed by atoms with Crippen LogP contribution in [-0.4, -0.2) is 7.11 Å². The molecule has 0 aliphatic carbocycles. The summed E-state index contributed by atoms with van der Waals surface area (Å²) in [4.78, 5) is 0. The zero-order chi connectivity index (χ0) is 14.5. The maximum Gasteiger partial charge on any atom is 0.123 e. The van der Waals surface area contributed by atoms with Gasteiger partial charge in [-0.2, -0.15) is 0 Å². The molecule has 2 aromatic rings. The van der Waals surface area contributed by atoms with Gasteiger partial charge < -0.3 is 15.2 Å². The monoisotopic (exact) mass is 311 g/mol. The Hall–Kier alpha value is -1.42. The zero-order valence-corrected chi connectivity index (χ0v) is 12.5. The third-order valence-electron chi connectivity index (χ3n) is 2.81. The van der Waals surface area contributed by atoms with Crippen molar-refractivity contribution >= 4 is 23.2 Å². The van der Waals surface area contributed by atoms with Crippen molar-refractivity contribution in [1.82, 2.24) is 0 Å². The fourth-order valence-electron chi connectivity index (χ4n) is 1.83. The molecule has 3 nitrogen and oxygen atoms in total. The third-order valence-corrected chi connectivity index (χ3v) is 3.25. The highest BCUT2D eigenvalue weighted by Gasteiger charge is 2.04. The Bertz CT molecular complexity index is 582. The lowest BCUT2D eigenvalue weighted by molar-refractivity contribution is 0.305. The Morgan fingerprint density at radius 1 is 1.05 bits per heavy atom. The summed E-state index contributed by atoms with van der Waals surface area (Å²) in [6.45, 7) is 0.839. The summed E-state index contributed by atoms with van der Waals surface area (Å²) in [5, 5.41) is 1.09. The molecule has 0 fully saturated rings. The molecule has 0 unspecified atom stereocenters. The summed E-state index contributed by atoms with van der Waals surface area (Å²) < 4.78 is 11.0. The van der Waals surface area contributed by atoms with Crippen LogP contribution in [0, 0.1) is 0 Å². The summed E-state index contributed by atoms with van der Waals surface area (Å²) in [5.74, 6) is 1.39. The first-order valence-corrected chi connectivity index (χ1v) is 6.82. The van der Waals surface area contributed by atoms with E-state index in [0.717, 1.165) is 16.9 Å². The van der Waals surface area contributed by atoms with Crippen molar-refractivity contribution in [3.05, 3.63) is 57.6 Å². The molecule has 106 valence electrons. The van der Waals surface area contributed by atoms with Crippen LogP contribution in [0.15, 0.2) is 36.4 Å². The van der Waals surface area contributed by atoms with Crippen LogP contribution in [-0.2, 0) is 13.2 Å². The molecular weight excluding hydrogens is 297 g/mol. The molecular formula is C15H15Cl2NO2. The first kappa shape index (κ1) is 15.0. The molecule has 0 aliphatic heterocycles. The van der Waals surface area contributed by atoms with Gasteiger partial charge in [0.05, 0.1) is 7.11 Å². The van der Waals surface area contributed by atoms with Crippen molar-refractivity contribution in [3.63, 3.8) is 0 Å². The van der Waals surface area contributed by atoms with E-state index in [4.69, 9.17) is 38.4 Å². The lowest BCUT2D eigenvalue weighted by Gasteiger charge is -2.11. The van der Waals surface area contributed by atoms with E-state index >= 15 is 0 Å². The minimum atomic E-state index is 0.401. The SMILES string of the molecule is COc1cc(COc2cc(Cl)cc(Cl)c2)ccc1CN. The van der Waals surface area contributed by atoms with Crippen molar-refractivity contribution in [2.75, 3.05) is 7.11 Å². The van der Waals surface area contributed by atoms with Crippen LogP contribution < -0.4 is 15.2 Å². The van der Waals surface area contributed by atoms with Crippen molar-refractivity contribution in [1.29, 1.82) is 0 Å². The molecule has 5 heteroatoms. The van der Waals surface area contributed by atoms with Gasteiger partial charge >= 0.3 is 0 Å². The molecule has 0 saturated carbocycles. The zero-order valence-electron chi connectivity index (χ0n) is 11.0. The number of rotatable bonds is 5. The van der Waals surface area contributed by atoms with Crippen molar-refractivity contribution in [3.8, 4) is 11.5 Å². The summed E-state index contributed by atoms with van der Waals surface area (Å²) in [7, 11) is 1.62. The Labute approximate surface area is 128 Å². The molecule has 0 atom stereocenters. The van der Waals surface area contributed by atoms with E-state index < -0.39 is 0 Å². The molecule has 2 N–H and O–H groups in total. The van der Waals surface area contributed by atoms with Gasteiger partial charge in [0.2, 0.25) is 0 Å². The number of nitrogens with two attached hydrogens (primary N) is 1. The van der Waals surface area contributed by atoms with E-state index in [1.54, 1.807) is 25.3 Å². The van der Waals surface area contributed by atoms with Gasteiger partial charge in [0, 0.05) is 22.2 Å². The Morgan fingerprint density at radius 2 is 1.75 bits per heavy atom. The summed E-state index contributed by atoms with van der Waals surface area (Å²) in [6.07, 6.45) is 0. The number of hydrogen-bond acceptors (Lipinski definition) is 3. The van der Waals surface area contributed by atoms with E-state index in [1.807, 2.05) is 18.2 Å². The number of ether oxygens (including phenoxy) is 2. The number of hydrogen-bond donors (Lipinski definition) is 1. The molecule has 2 aromatic carbocycles. The average Bonchev–Trinajstić information content (AvgIpc) is 2.43. The predicted molar refractivity (Wildman–Crippen MR) is 81.7 cm³/mol. The van der Waals surface area contributed by atoms with Crippen LogP contribution in [0.1, 0.15) is 11.1 Å². The lowest BCUT2D eigenvalue weighted by atomic mass is 10.1. The molecule has 0 heterocycles. The highest BCUT2D eigenvalue weighted by atomic mass is 35.5. The van der Waals surface area contributed by atoms with E-state index in [9.17, 15) is 0 Å². The molecule has 0 saturated heterocycles. The number of methoxy groups -OCH3 is 1. The first-order chi connectivity index (χ1) is 9.62. The minimum Gasteiger partial charge on any atom is -0.496 e. The second-order valence-electron chi connectivity index (χ2n) is 4.24. The van der Waals surface area contributed by atoms with Gasteiger partial charge in [0.15, 0.2) is 0 Å². The fraction of sp³-hybridized carbons (Fsp3) is 0.200. The second kappa shape index (κ2) is 6.84. The van der Waals surface area contributed by atoms with E-state index in [-0.39, 0.29) is 0 Å². The standard InChI is InChI=1S/C15H15Cl2NO2/c1-19-15-4-10(2-3-11(15)8-18)9-20-14-6-12(16)5-13(17)7-14/h2-7H,8-9,18H2,1H3. The predicted octanol–water partition coefficient (Wildman–Crippen LogP) is 4.04. The molecule has 0 bridgehead atoms. The number of benzene rings is 2. The van der Waals surface area contributed by atoms with E-state index in [0.29, 0.717) is 28.9 Å². The largest absolute Gasteiger partial charge is 0.496 e. The van der Waals surface area contributed by atoms with Gasteiger partial charge in [-0.25, -0.2) is 0 Å². The summed E-state index contributed by atoms with van der Waals surface area (Å²) in [5.41, 5.74) is 7.58. The van der Waals surface area contributed by atoms with Gasteiger partial charge in [-0.05, 0) is 29.8 Å². The van der Waals surface area contributed by atoms with Crippen LogP contribution in [0.4, 0.5) is 0 Å². The second-order valence-corrected chi connectivity index (χ2v) is 5.12. The highest BCUT2D eigenvalue weighted by Crippen LogP contribution is 2.26. The number of halogens is 2. The molecule has 0 spiro atoms. The van der Waals surface area contributed by atoms with Gasteiger partial charge in [-0.3, -0.25) is 0 Å². The quantitative estimate of drug-likeness (QED) is 0.906. The van der Waals surface area contributed by atoms with E-state index in [1.165, 1.54) is 0 Å². The van der Waals surface area contributed by atoms with Gasteiger partial charge in [-0.1, -0.05) is 35.3 Å². The van der Waals surface area contributed by atoms with Crippen LogP contribution in [0.5, 0.6) is 11.5 Å². The molecule has 20 heavy (non-hydrogen) atoms. The van der Waals surface area contributed by atoms with Crippen LogP contribution in [0.25, 0.3) is 0 Å². The molecule has 0 radical (unpaired) electrons. The first-order valence-electron chi connectivity index (χ1n) is 6.07. The van der Waals surface area contributed by atoms with Crippen LogP contribution >= 0.6 is 23.2 Å². The van der Waals surface area contributed by atoms with E-state index in [2.05, 4.69) is 0 Å². The molecule has 2 rings (SSSR count). The summed E-state index contributed by atoms with van der Waals surface area (Å²) >= 11 is 11.8. The normalized spacial score (nSPS) is 10.4. The minimum absolute atomic E-state index is 0.401. The maximum atomic E-state index is 5.92. The van der Waals surface area contributed by atoms with Crippen LogP contribution in [0.3, 0.4) is 0 Å². The average molecular weight is 312 g/mol. The summed E-state index contributed by atoms with van der Waals surface area (Å²) in [6, 6.07) is 10.9. The Morgan fingerprint density at radius 3 is 2.35 bits per heavy atom. The van der Waals surface area contributed by atoms with Gasteiger partial charge in [0.1, 0.15) is 18.1 Å². The topological polar surface area (TPSA) is 44.5 Å². The molecule has 0 aliphatic rings. The molecule has 0 aromatic heterocycles.